The van der Waals surface area contributed by atoms with Crippen LogP contribution in [0, 0.1) is 5.92 Å². The molecule has 1 unspecified atom stereocenters. The van der Waals surface area contributed by atoms with E-state index >= 15 is 0 Å². The summed E-state index contributed by atoms with van der Waals surface area (Å²) < 4.78 is 0. The lowest BCUT2D eigenvalue weighted by molar-refractivity contribution is 0.640. The van der Waals surface area contributed by atoms with Gasteiger partial charge in [-0.05, 0) is 44.1 Å². The van der Waals surface area contributed by atoms with Crippen LogP contribution in [-0.4, -0.2) is 8.80 Å². The summed E-state index contributed by atoms with van der Waals surface area (Å²) in [6.45, 7) is 9.79. The van der Waals surface area contributed by atoms with E-state index in [0.29, 0.717) is 0 Å². The monoisotopic (exact) mass is 206 g/mol. The van der Waals surface area contributed by atoms with E-state index in [0.717, 1.165) is 5.92 Å². The van der Waals surface area contributed by atoms with E-state index < -0.39 is 8.80 Å². The Kier molecular flexibility index (Phi) is 2.69. The molecular formula is C13H22Si. The quantitative estimate of drug-likeness (QED) is 0.572. The summed E-state index contributed by atoms with van der Waals surface area (Å²) in [6.07, 6.45) is 5.62. The van der Waals surface area contributed by atoms with Crippen molar-refractivity contribution < 1.29 is 0 Å². The van der Waals surface area contributed by atoms with Crippen molar-refractivity contribution in [3.63, 3.8) is 0 Å². The van der Waals surface area contributed by atoms with Crippen LogP contribution < -0.4 is 0 Å². The third-order valence-electron chi connectivity index (χ3n) is 4.01. The van der Waals surface area contributed by atoms with Crippen LogP contribution in [0.1, 0.15) is 39.5 Å². The number of allylic oxidation sites excluding steroid dienone is 4. The maximum Gasteiger partial charge on any atom is 0.0607 e. The average molecular weight is 206 g/mol. The van der Waals surface area contributed by atoms with E-state index in [1.807, 2.05) is 10.8 Å². The second kappa shape index (κ2) is 3.69. The zero-order valence-electron chi connectivity index (χ0n) is 9.98. The molecule has 78 valence electrons. The van der Waals surface area contributed by atoms with Crippen LogP contribution in [-0.2, 0) is 0 Å². The van der Waals surface area contributed by atoms with Gasteiger partial charge in [0.1, 0.15) is 0 Å². The van der Waals surface area contributed by atoms with Gasteiger partial charge in [0, 0.05) is 0 Å². The molecule has 2 aliphatic rings. The third-order valence-corrected chi connectivity index (χ3v) is 6.18. The lowest BCUT2D eigenvalue weighted by atomic mass is 9.88. The van der Waals surface area contributed by atoms with Crippen molar-refractivity contribution in [1.29, 1.82) is 0 Å². The van der Waals surface area contributed by atoms with Crippen molar-refractivity contribution in [2.75, 3.05) is 0 Å². The van der Waals surface area contributed by atoms with Gasteiger partial charge in [0.2, 0.25) is 0 Å². The zero-order valence-corrected chi connectivity index (χ0v) is 11.1. The highest BCUT2D eigenvalue weighted by Gasteiger charge is 2.30. The van der Waals surface area contributed by atoms with Crippen molar-refractivity contribution >= 4 is 8.80 Å². The van der Waals surface area contributed by atoms with E-state index in [4.69, 9.17) is 0 Å². The molecule has 0 aromatic carbocycles. The number of hydrogen-bond acceptors (Lipinski definition) is 0. The minimum Gasteiger partial charge on any atom is -0.0748 e. The predicted octanol–water partition coefficient (Wildman–Crippen LogP) is 3.85. The van der Waals surface area contributed by atoms with Crippen LogP contribution in [0.15, 0.2) is 21.9 Å². The fourth-order valence-corrected chi connectivity index (χ4v) is 5.70. The van der Waals surface area contributed by atoms with Crippen LogP contribution in [0.5, 0.6) is 0 Å². The molecule has 1 heteroatoms. The maximum atomic E-state index is 2.48. The number of rotatable bonds is 1. The molecule has 1 atom stereocenters. The zero-order chi connectivity index (χ0) is 10.3. The van der Waals surface area contributed by atoms with Crippen molar-refractivity contribution in [1.82, 2.24) is 0 Å². The summed E-state index contributed by atoms with van der Waals surface area (Å²) >= 11 is 0. The fraction of sp³-hybridized carbons (Fsp3) is 0.692. The van der Waals surface area contributed by atoms with Gasteiger partial charge in [-0.15, -0.1) is 0 Å². The normalized spacial score (nSPS) is 27.6. The van der Waals surface area contributed by atoms with Crippen LogP contribution in [0.3, 0.4) is 0 Å². The van der Waals surface area contributed by atoms with Gasteiger partial charge < -0.3 is 0 Å². The lowest BCUT2D eigenvalue weighted by Gasteiger charge is -2.19. The summed E-state index contributed by atoms with van der Waals surface area (Å²) in [4.78, 5) is 0. The summed E-state index contributed by atoms with van der Waals surface area (Å²) in [5.74, 6) is 0.817. The molecule has 2 rings (SSSR count). The smallest absolute Gasteiger partial charge is 0.0607 e. The Morgan fingerprint density at radius 1 is 1.14 bits per heavy atom. The highest BCUT2D eigenvalue weighted by molar-refractivity contribution is 6.64. The van der Waals surface area contributed by atoms with Crippen LogP contribution >= 0.6 is 0 Å². The minimum atomic E-state index is -0.578. The number of hydrogen-bond donors (Lipinski definition) is 0. The molecule has 2 aliphatic carbocycles. The van der Waals surface area contributed by atoms with Crippen molar-refractivity contribution in [3.05, 3.63) is 21.9 Å². The molecular weight excluding hydrogens is 184 g/mol. The summed E-state index contributed by atoms with van der Waals surface area (Å²) in [7, 11) is -0.578. The average Bonchev–Trinajstić information content (AvgIpc) is 2.41. The molecule has 0 radical (unpaired) electrons. The van der Waals surface area contributed by atoms with Gasteiger partial charge in [-0.3, -0.25) is 0 Å². The van der Waals surface area contributed by atoms with Gasteiger partial charge >= 0.3 is 0 Å². The van der Waals surface area contributed by atoms with E-state index in [1.165, 1.54) is 25.7 Å². The van der Waals surface area contributed by atoms with Gasteiger partial charge in [-0.2, -0.15) is 0 Å². The molecule has 0 aliphatic heterocycles. The standard InChI is InChI=1S/C13H22Si/c1-9-11-7-5-6-8-12(11)10(2)13(9)14(3)4/h9,14H,5-8H2,1-4H3. The van der Waals surface area contributed by atoms with Crippen molar-refractivity contribution in [2.24, 2.45) is 5.92 Å². The SMILES string of the molecule is CC1=C([SiH](C)C)C(C)C2=C1CCCC2. The first-order valence-corrected chi connectivity index (χ1v) is 8.94. The molecule has 0 N–H and O–H groups in total. The Hall–Kier alpha value is -0.303. The fourth-order valence-electron chi connectivity index (χ4n) is 3.45. The Balaban J connectivity index is 2.37. The van der Waals surface area contributed by atoms with E-state index in [1.54, 1.807) is 11.1 Å². The summed E-state index contributed by atoms with van der Waals surface area (Å²) in [5.41, 5.74) is 5.28. The van der Waals surface area contributed by atoms with Crippen LogP contribution in [0.2, 0.25) is 13.1 Å². The molecule has 0 saturated carbocycles. The molecule has 0 bridgehead atoms. The van der Waals surface area contributed by atoms with Crippen molar-refractivity contribution in [2.45, 2.75) is 52.6 Å². The first-order chi connectivity index (χ1) is 6.63. The van der Waals surface area contributed by atoms with Crippen molar-refractivity contribution in [3.8, 4) is 0 Å². The van der Waals surface area contributed by atoms with E-state index in [-0.39, 0.29) is 0 Å². The summed E-state index contributed by atoms with van der Waals surface area (Å²) in [6, 6.07) is 0. The third kappa shape index (κ3) is 1.42. The molecule has 0 nitrogen and oxygen atoms in total. The first-order valence-electron chi connectivity index (χ1n) is 6.06. The van der Waals surface area contributed by atoms with Crippen LogP contribution in [0.4, 0.5) is 0 Å². The molecule has 0 aromatic heterocycles. The van der Waals surface area contributed by atoms with Gasteiger partial charge in [0.25, 0.3) is 0 Å². The highest BCUT2D eigenvalue weighted by Crippen LogP contribution is 2.44. The Morgan fingerprint density at radius 3 is 2.36 bits per heavy atom. The van der Waals surface area contributed by atoms with Gasteiger partial charge in [-0.25, -0.2) is 0 Å². The van der Waals surface area contributed by atoms with Gasteiger partial charge in [-0.1, -0.05) is 36.4 Å². The first kappa shape index (κ1) is 10.2. The van der Waals surface area contributed by atoms with E-state index in [9.17, 15) is 0 Å². The molecule has 0 heterocycles. The molecule has 0 fully saturated rings. The van der Waals surface area contributed by atoms with Crippen LogP contribution in [0.25, 0.3) is 0 Å². The van der Waals surface area contributed by atoms with E-state index in [2.05, 4.69) is 26.9 Å². The predicted molar refractivity (Wildman–Crippen MR) is 66.2 cm³/mol. The Morgan fingerprint density at radius 2 is 1.79 bits per heavy atom. The molecule has 0 amide bonds. The molecule has 0 aromatic rings. The maximum absolute atomic E-state index is 2.48. The second-order valence-electron chi connectivity index (χ2n) is 5.17. The van der Waals surface area contributed by atoms with Gasteiger partial charge in [0.05, 0.1) is 8.80 Å². The summed E-state index contributed by atoms with van der Waals surface area (Å²) in [5, 5.41) is 1.86. The minimum absolute atomic E-state index is 0.578. The highest BCUT2D eigenvalue weighted by atomic mass is 28.3. The Labute approximate surface area is 89.7 Å². The molecule has 0 spiro atoms. The second-order valence-corrected chi connectivity index (χ2v) is 8.10. The largest absolute Gasteiger partial charge is 0.0748 e. The Bertz CT molecular complexity index is 307. The topological polar surface area (TPSA) is 0 Å². The molecule has 14 heavy (non-hydrogen) atoms. The van der Waals surface area contributed by atoms with Gasteiger partial charge in [0.15, 0.2) is 0 Å². The lowest BCUT2D eigenvalue weighted by Crippen LogP contribution is -2.13. The molecule has 0 saturated heterocycles.